The van der Waals surface area contributed by atoms with E-state index in [9.17, 15) is 9.59 Å². The Hall–Kier alpha value is -1.89. The van der Waals surface area contributed by atoms with Gasteiger partial charge >= 0.3 is 0 Å². The molecule has 1 saturated heterocycles. The van der Waals surface area contributed by atoms with Gasteiger partial charge < -0.3 is 10.2 Å². The topological polar surface area (TPSA) is 52.7 Å². The van der Waals surface area contributed by atoms with Crippen LogP contribution >= 0.6 is 27.5 Å². The van der Waals surface area contributed by atoms with Crippen LogP contribution in [0.1, 0.15) is 15.9 Å². The number of benzene rings is 2. The first-order valence-corrected chi connectivity index (χ1v) is 9.93. The second-order valence-electron chi connectivity index (χ2n) is 6.58. The van der Waals surface area contributed by atoms with Crippen LogP contribution in [0.4, 0.5) is 5.69 Å². The van der Waals surface area contributed by atoms with Crippen LogP contribution in [0, 0.1) is 6.92 Å². The van der Waals surface area contributed by atoms with Gasteiger partial charge in [0.2, 0.25) is 5.91 Å². The van der Waals surface area contributed by atoms with Crippen LogP contribution in [-0.4, -0.2) is 54.3 Å². The maximum Gasteiger partial charge on any atom is 0.255 e. The van der Waals surface area contributed by atoms with Crippen LogP contribution in [0.15, 0.2) is 46.9 Å². The van der Waals surface area contributed by atoms with E-state index >= 15 is 0 Å². The third-order valence-electron chi connectivity index (χ3n) is 4.53. The lowest BCUT2D eigenvalue weighted by molar-refractivity contribution is -0.117. The van der Waals surface area contributed by atoms with E-state index in [-0.39, 0.29) is 11.8 Å². The molecule has 1 aliphatic rings. The van der Waals surface area contributed by atoms with Crippen molar-refractivity contribution in [2.45, 2.75) is 6.92 Å². The molecular weight excluding hydrogens is 430 g/mol. The molecule has 2 aromatic rings. The normalized spacial score (nSPS) is 14.9. The molecule has 2 amide bonds. The van der Waals surface area contributed by atoms with Crippen molar-refractivity contribution in [1.82, 2.24) is 9.80 Å². The molecule has 0 saturated carbocycles. The molecule has 1 heterocycles. The fraction of sp³-hybridized carbons (Fsp3) is 0.300. The van der Waals surface area contributed by atoms with Gasteiger partial charge in [0.05, 0.1) is 22.8 Å². The van der Waals surface area contributed by atoms with E-state index in [1.54, 1.807) is 17.0 Å². The molecule has 7 heteroatoms. The van der Waals surface area contributed by atoms with Gasteiger partial charge in [0, 0.05) is 30.7 Å². The number of halogens is 2. The number of rotatable bonds is 4. The third-order valence-corrected chi connectivity index (χ3v) is 5.52. The molecular formula is C20H21BrClN3O2. The smallest absolute Gasteiger partial charge is 0.255 e. The van der Waals surface area contributed by atoms with Crippen LogP contribution < -0.4 is 5.32 Å². The van der Waals surface area contributed by atoms with Crippen LogP contribution in [0.3, 0.4) is 0 Å². The summed E-state index contributed by atoms with van der Waals surface area (Å²) in [4.78, 5) is 28.8. The molecule has 0 spiro atoms. The number of nitrogens with one attached hydrogen (secondary N) is 1. The van der Waals surface area contributed by atoms with Crippen molar-refractivity contribution in [3.63, 3.8) is 0 Å². The fourth-order valence-electron chi connectivity index (χ4n) is 3.03. The standard InChI is InChI=1S/C20H21BrClN3O2/c1-14-6-7-18(16(21)12-14)23-19(26)13-24-8-10-25(11-9-24)20(27)15-4-2-3-5-17(15)22/h2-7,12H,8-11,13H2,1H3,(H,23,26). The first-order chi connectivity index (χ1) is 12.9. The van der Waals surface area contributed by atoms with Crippen LogP contribution in [0.25, 0.3) is 0 Å². The monoisotopic (exact) mass is 449 g/mol. The number of hydrogen-bond acceptors (Lipinski definition) is 3. The highest BCUT2D eigenvalue weighted by atomic mass is 79.9. The summed E-state index contributed by atoms with van der Waals surface area (Å²) in [6.45, 7) is 4.75. The average molecular weight is 451 g/mol. The van der Waals surface area contributed by atoms with Crippen molar-refractivity contribution < 1.29 is 9.59 Å². The Labute approximate surface area is 172 Å². The molecule has 1 N–H and O–H groups in total. The molecule has 1 aliphatic heterocycles. The quantitative estimate of drug-likeness (QED) is 0.771. The number of hydrogen-bond donors (Lipinski definition) is 1. The van der Waals surface area contributed by atoms with Gasteiger partial charge in [-0.2, -0.15) is 0 Å². The lowest BCUT2D eigenvalue weighted by atomic mass is 10.2. The fourth-order valence-corrected chi connectivity index (χ4v) is 3.84. The van der Waals surface area contributed by atoms with E-state index in [0.717, 1.165) is 15.7 Å². The molecule has 0 unspecified atom stereocenters. The summed E-state index contributed by atoms with van der Waals surface area (Å²) in [6.07, 6.45) is 0. The van der Waals surface area contributed by atoms with Gasteiger partial charge in [-0.1, -0.05) is 29.8 Å². The number of amides is 2. The molecule has 142 valence electrons. The Balaban J connectivity index is 1.51. The van der Waals surface area contributed by atoms with Gasteiger partial charge in [-0.25, -0.2) is 0 Å². The summed E-state index contributed by atoms with van der Waals surface area (Å²) in [5.41, 5.74) is 2.41. The maximum absolute atomic E-state index is 12.6. The zero-order valence-electron chi connectivity index (χ0n) is 15.0. The molecule has 0 bridgehead atoms. The van der Waals surface area contributed by atoms with Crippen molar-refractivity contribution in [3.05, 3.63) is 63.1 Å². The number of nitrogens with zero attached hydrogens (tertiary/aromatic N) is 2. The van der Waals surface area contributed by atoms with Crippen LogP contribution in [-0.2, 0) is 4.79 Å². The second-order valence-corrected chi connectivity index (χ2v) is 7.84. The van der Waals surface area contributed by atoms with E-state index < -0.39 is 0 Å². The SMILES string of the molecule is Cc1ccc(NC(=O)CN2CCN(C(=O)c3ccccc3Cl)CC2)c(Br)c1. The summed E-state index contributed by atoms with van der Waals surface area (Å²) in [5, 5.41) is 3.39. The Morgan fingerprint density at radius 1 is 1.11 bits per heavy atom. The number of carbonyl (C=O) groups is 2. The summed E-state index contributed by atoms with van der Waals surface area (Å²) in [6, 6.07) is 12.9. The van der Waals surface area contributed by atoms with Gasteiger partial charge in [-0.3, -0.25) is 14.5 Å². The largest absolute Gasteiger partial charge is 0.336 e. The van der Waals surface area contributed by atoms with E-state index in [1.165, 1.54) is 0 Å². The zero-order chi connectivity index (χ0) is 19.4. The molecule has 27 heavy (non-hydrogen) atoms. The molecule has 0 aliphatic carbocycles. The molecule has 0 atom stereocenters. The predicted octanol–water partition coefficient (Wildman–Crippen LogP) is 3.81. The molecule has 3 rings (SSSR count). The molecule has 2 aromatic carbocycles. The van der Waals surface area contributed by atoms with Gasteiger partial charge in [-0.15, -0.1) is 0 Å². The predicted molar refractivity (Wildman–Crippen MR) is 111 cm³/mol. The van der Waals surface area contributed by atoms with E-state index in [4.69, 9.17) is 11.6 Å². The minimum absolute atomic E-state index is 0.0618. The zero-order valence-corrected chi connectivity index (χ0v) is 17.4. The molecule has 0 aromatic heterocycles. The van der Waals surface area contributed by atoms with Crippen molar-refractivity contribution in [2.75, 3.05) is 38.0 Å². The van der Waals surface area contributed by atoms with Gasteiger partial charge in [0.25, 0.3) is 5.91 Å². The first-order valence-electron chi connectivity index (χ1n) is 8.76. The van der Waals surface area contributed by atoms with Crippen molar-refractivity contribution in [2.24, 2.45) is 0 Å². The highest BCUT2D eigenvalue weighted by Crippen LogP contribution is 2.23. The van der Waals surface area contributed by atoms with Crippen LogP contribution in [0.5, 0.6) is 0 Å². The lowest BCUT2D eigenvalue weighted by Gasteiger charge is -2.34. The van der Waals surface area contributed by atoms with Gasteiger partial charge in [0.15, 0.2) is 0 Å². The van der Waals surface area contributed by atoms with Crippen molar-refractivity contribution >= 4 is 45.0 Å². The number of piperazine rings is 1. The van der Waals surface area contributed by atoms with Gasteiger partial charge in [0.1, 0.15) is 0 Å². The Bertz CT molecular complexity index is 851. The number of carbonyl (C=O) groups excluding carboxylic acids is 2. The third kappa shape index (κ3) is 5.09. The van der Waals surface area contributed by atoms with E-state index in [1.807, 2.05) is 42.2 Å². The first kappa shape index (κ1) is 19.9. The number of anilines is 1. The van der Waals surface area contributed by atoms with E-state index in [2.05, 4.69) is 21.2 Å². The molecule has 1 fully saturated rings. The summed E-state index contributed by atoms with van der Waals surface area (Å²) < 4.78 is 0.867. The maximum atomic E-state index is 12.6. The summed E-state index contributed by atoms with van der Waals surface area (Å²) in [5.74, 6) is -0.126. The Kier molecular flexibility index (Phi) is 6.52. The van der Waals surface area contributed by atoms with Crippen molar-refractivity contribution in [3.8, 4) is 0 Å². The number of aryl methyl sites for hydroxylation is 1. The average Bonchev–Trinajstić information content (AvgIpc) is 2.64. The minimum Gasteiger partial charge on any atom is -0.336 e. The Morgan fingerprint density at radius 3 is 2.48 bits per heavy atom. The lowest BCUT2D eigenvalue weighted by Crippen LogP contribution is -2.50. The van der Waals surface area contributed by atoms with Crippen LogP contribution in [0.2, 0.25) is 5.02 Å². The summed E-state index contributed by atoms with van der Waals surface area (Å²) in [7, 11) is 0. The minimum atomic E-state index is -0.0644. The molecule has 5 nitrogen and oxygen atoms in total. The molecule has 0 radical (unpaired) electrons. The Morgan fingerprint density at radius 2 is 1.81 bits per heavy atom. The van der Waals surface area contributed by atoms with E-state index in [0.29, 0.717) is 43.3 Å². The van der Waals surface area contributed by atoms with Gasteiger partial charge in [-0.05, 0) is 52.7 Å². The highest BCUT2D eigenvalue weighted by Gasteiger charge is 2.24. The highest BCUT2D eigenvalue weighted by molar-refractivity contribution is 9.10. The summed E-state index contributed by atoms with van der Waals surface area (Å²) >= 11 is 9.59. The van der Waals surface area contributed by atoms with Crippen molar-refractivity contribution in [1.29, 1.82) is 0 Å². The second kappa shape index (κ2) is 8.87.